The van der Waals surface area contributed by atoms with Gasteiger partial charge >= 0.3 is 0 Å². The van der Waals surface area contributed by atoms with Crippen molar-refractivity contribution in [2.75, 3.05) is 0 Å². The second-order valence-corrected chi connectivity index (χ2v) is 7.68. The van der Waals surface area contributed by atoms with E-state index in [0.717, 1.165) is 22.2 Å². The van der Waals surface area contributed by atoms with Crippen LogP contribution in [0.2, 0.25) is 0 Å². The largest absolute Gasteiger partial charge is 0.345 e. The van der Waals surface area contributed by atoms with Gasteiger partial charge in [-0.1, -0.05) is 37.1 Å². The highest BCUT2D eigenvalue weighted by molar-refractivity contribution is 9.10. The van der Waals surface area contributed by atoms with Crippen LogP contribution in [0.4, 0.5) is 0 Å². The predicted octanol–water partition coefficient (Wildman–Crippen LogP) is 5.57. The minimum absolute atomic E-state index is 0.000489. The van der Waals surface area contributed by atoms with Crippen LogP contribution in [0.15, 0.2) is 28.7 Å². The van der Waals surface area contributed by atoms with E-state index in [-0.39, 0.29) is 11.9 Å². The highest BCUT2D eigenvalue weighted by Crippen LogP contribution is 2.29. The molecule has 1 aromatic heterocycles. The standard InChI is InChI=1S/C18H22BrNOS/c1-5-6-16-15(19)10-17(22-16)18(21)20-13(4)14-8-7-11(2)9-12(14)3/h7-10,13H,5-6H2,1-4H3,(H,20,21)/t13-/m1/s1. The first-order valence-electron chi connectivity index (χ1n) is 7.58. The lowest BCUT2D eigenvalue weighted by Crippen LogP contribution is -2.26. The summed E-state index contributed by atoms with van der Waals surface area (Å²) in [4.78, 5) is 14.5. The van der Waals surface area contributed by atoms with Gasteiger partial charge in [0.1, 0.15) is 0 Å². The summed E-state index contributed by atoms with van der Waals surface area (Å²) in [6.45, 7) is 8.35. The summed E-state index contributed by atoms with van der Waals surface area (Å²) >= 11 is 5.12. The Kier molecular flexibility index (Phi) is 5.81. The van der Waals surface area contributed by atoms with Crippen molar-refractivity contribution in [1.29, 1.82) is 0 Å². The zero-order chi connectivity index (χ0) is 16.3. The van der Waals surface area contributed by atoms with E-state index in [9.17, 15) is 4.79 Å². The van der Waals surface area contributed by atoms with Crippen LogP contribution in [-0.2, 0) is 6.42 Å². The van der Waals surface area contributed by atoms with Gasteiger partial charge in [0.2, 0.25) is 0 Å². The van der Waals surface area contributed by atoms with Gasteiger partial charge in [-0.05, 0) is 60.3 Å². The summed E-state index contributed by atoms with van der Waals surface area (Å²) in [6, 6.07) is 8.27. The molecule has 1 atom stereocenters. The number of thiophene rings is 1. The van der Waals surface area contributed by atoms with Crippen LogP contribution in [0.1, 0.15) is 57.5 Å². The summed E-state index contributed by atoms with van der Waals surface area (Å²) in [5.74, 6) is 0.000489. The second kappa shape index (κ2) is 7.42. The molecule has 22 heavy (non-hydrogen) atoms. The van der Waals surface area contributed by atoms with E-state index in [1.165, 1.54) is 21.6 Å². The molecule has 1 heterocycles. The molecule has 0 aliphatic heterocycles. The molecule has 2 aromatic rings. The zero-order valence-corrected chi connectivity index (χ0v) is 15.9. The van der Waals surface area contributed by atoms with Gasteiger partial charge in [0.25, 0.3) is 5.91 Å². The van der Waals surface area contributed by atoms with Gasteiger partial charge in [-0.3, -0.25) is 4.79 Å². The number of hydrogen-bond acceptors (Lipinski definition) is 2. The van der Waals surface area contributed by atoms with Crippen molar-refractivity contribution < 1.29 is 4.79 Å². The lowest BCUT2D eigenvalue weighted by molar-refractivity contribution is 0.0944. The molecule has 4 heteroatoms. The van der Waals surface area contributed by atoms with E-state index < -0.39 is 0 Å². The Morgan fingerprint density at radius 1 is 1.32 bits per heavy atom. The summed E-state index contributed by atoms with van der Waals surface area (Å²) in [7, 11) is 0. The number of aryl methyl sites for hydroxylation is 3. The smallest absolute Gasteiger partial charge is 0.261 e. The molecule has 0 unspecified atom stereocenters. The van der Waals surface area contributed by atoms with Gasteiger partial charge in [0, 0.05) is 9.35 Å². The molecule has 2 nitrogen and oxygen atoms in total. The number of hydrogen-bond donors (Lipinski definition) is 1. The van der Waals surface area contributed by atoms with Crippen molar-refractivity contribution in [3.8, 4) is 0 Å². The first-order chi connectivity index (χ1) is 10.4. The Morgan fingerprint density at radius 3 is 2.68 bits per heavy atom. The van der Waals surface area contributed by atoms with Crippen molar-refractivity contribution >= 4 is 33.2 Å². The maximum atomic E-state index is 12.5. The minimum atomic E-state index is 0.000489. The van der Waals surface area contributed by atoms with Crippen LogP contribution in [0.25, 0.3) is 0 Å². The van der Waals surface area contributed by atoms with E-state index in [2.05, 4.69) is 60.2 Å². The first kappa shape index (κ1) is 17.2. The average molecular weight is 380 g/mol. The minimum Gasteiger partial charge on any atom is -0.345 e. The van der Waals surface area contributed by atoms with Crippen LogP contribution in [-0.4, -0.2) is 5.91 Å². The number of benzene rings is 1. The molecule has 2 rings (SSSR count). The van der Waals surface area contributed by atoms with Gasteiger partial charge in [0.15, 0.2) is 0 Å². The second-order valence-electron chi connectivity index (χ2n) is 5.69. The van der Waals surface area contributed by atoms with Crippen LogP contribution < -0.4 is 5.32 Å². The van der Waals surface area contributed by atoms with E-state index >= 15 is 0 Å². The Morgan fingerprint density at radius 2 is 2.05 bits per heavy atom. The van der Waals surface area contributed by atoms with Crippen LogP contribution in [0, 0.1) is 13.8 Å². The van der Waals surface area contributed by atoms with E-state index in [4.69, 9.17) is 0 Å². The highest BCUT2D eigenvalue weighted by Gasteiger charge is 2.16. The molecule has 0 bridgehead atoms. The van der Waals surface area contributed by atoms with Crippen molar-refractivity contribution in [2.24, 2.45) is 0 Å². The Balaban J connectivity index is 2.12. The first-order valence-corrected chi connectivity index (χ1v) is 9.19. The summed E-state index contributed by atoms with van der Waals surface area (Å²) in [5.41, 5.74) is 3.63. The fourth-order valence-corrected chi connectivity index (χ4v) is 4.45. The number of nitrogens with one attached hydrogen (secondary N) is 1. The normalized spacial score (nSPS) is 12.2. The molecule has 118 valence electrons. The maximum absolute atomic E-state index is 12.5. The molecule has 1 aromatic carbocycles. The molecule has 0 aliphatic carbocycles. The third kappa shape index (κ3) is 3.99. The molecule has 1 amide bonds. The topological polar surface area (TPSA) is 29.1 Å². The van der Waals surface area contributed by atoms with Gasteiger partial charge in [-0.15, -0.1) is 11.3 Å². The molecule has 0 aliphatic rings. The predicted molar refractivity (Wildman–Crippen MR) is 97.8 cm³/mol. The molecule has 0 saturated carbocycles. The third-order valence-electron chi connectivity index (χ3n) is 3.70. The van der Waals surface area contributed by atoms with E-state index in [1.807, 2.05) is 13.0 Å². The molecule has 0 saturated heterocycles. The summed E-state index contributed by atoms with van der Waals surface area (Å²) < 4.78 is 1.05. The quantitative estimate of drug-likeness (QED) is 0.722. The van der Waals surface area contributed by atoms with Crippen molar-refractivity contribution in [3.05, 3.63) is 55.2 Å². The number of carbonyl (C=O) groups is 1. The maximum Gasteiger partial charge on any atom is 0.261 e. The van der Waals surface area contributed by atoms with Crippen LogP contribution in [0.3, 0.4) is 0 Å². The van der Waals surface area contributed by atoms with Crippen LogP contribution in [0.5, 0.6) is 0 Å². The number of rotatable bonds is 5. The fourth-order valence-electron chi connectivity index (χ4n) is 2.57. The van der Waals surface area contributed by atoms with Gasteiger partial charge in [-0.25, -0.2) is 0 Å². The van der Waals surface area contributed by atoms with Gasteiger partial charge < -0.3 is 5.32 Å². The zero-order valence-electron chi connectivity index (χ0n) is 13.5. The lowest BCUT2D eigenvalue weighted by atomic mass is 10.0. The van der Waals surface area contributed by atoms with Crippen molar-refractivity contribution in [1.82, 2.24) is 5.32 Å². The van der Waals surface area contributed by atoms with Gasteiger partial charge in [-0.2, -0.15) is 0 Å². The summed E-state index contributed by atoms with van der Waals surface area (Å²) in [5, 5.41) is 3.11. The average Bonchev–Trinajstić information content (AvgIpc) is 2.80. The molecule has 0 fully saturated rings. The van der Waals surface area contributed by atoms with E-state index in [0.29, 0.717) is 0 Å². The van der Waals surface area contributed by atoms with Gasteiger partial charge in [0.05, 0.1) is 10.9 Å². The summed E-state index contributed by atoms with van der Waals surface area (Å²) in [6.07, 6.45) is 2.09. The molecule has 0 radical (unpaired) electrons. The molecule has 1 N–H and O–H groups in total. The SMILES string of the molecule is CCCc1sc(C(=O)N[C@H](C)c2ccc(C)cc2C)cc1Br. The molecular weight excluding hydrogens is 358 g/mol. The van der Waals surface area contributed by atoms with Crippen molar-refractivity contribution in [3.63, 3.8) is 0 Å². The monoisotopic (exact) mass is 379 g/mol. The molecular formula is C18H22BrNOS. The number of carbonyl (C=O) groups excluding carboxylic acids is 1. The number of halogens is 1. The van der Waals surface area contributed by atoms with E-state index in [1.54, 1.807) is 11.3 Å². The lowest BCUT2D eigenvalue weighted by Gasteiger charge is -2.16. The van der Waals surface area contributed by atoms with Crippen LogP contribution >= 0.6 is 27.3 Å². The third-order valence-corrected chi connectivity index (χ3v) is 5.86. The van der Waals surface area contributed by atoms with Crippen molar-refractivity contribution in [2.45, 2.75) is 46.6 Å². The Hall–Kier alpha value is -1.13. The Labute approximate surface area is 145 Å². The highest BCUT2D eigenvalue weighted by atomic mass is 79.9. The Bertz CT molecular complexity index is 678. The number of amides is 1. The fraction of sp³-hybridized carbons (Fsp3) is 0.389. The molecule has 0 spiro atoms.